The van der Waals surface area contributed by atoms with Crippen LogP contribution in [0.25, 0.3) is 0 Å². The fourth-order valence-corrected chi connectivity index (χ4v) is 3.24. The molecule has 0 spiro atoms. The van der Waals surface area contributed by atoms with E-state index in [-0.39, 0.29) is 28.1 Å². The van der Waals surface area contributed by atoms with Gasteiger partial charge >= 0.3 is 0 Å². The number of nitrogens with one attached hydrogen (secondary N) is 2. The van der Waals surface area contributed by atoms with Crippen LogP contribution in [0.4, 0.5) is 21.5 Å². The summed E-state index contributed by atoms with van der Waals surface area (Å²) in [5.74, 6) is -1.27. The molecule has 0 fully saturated rings. The summed E-state index contributed by atoms with van der Waals surface area (Å²) < 4.78 is 41.0. The number of carbonyl (C=O) groups excluding carboxylic acids is 2. The number of hydrogen-bond acceptors (Lipinski definition) is 4. The molecular weight excluding hydrogens is 361 g/mol. The van der Waals surface area contributed by atoms with Gasteiger partial charge in [0.1, 0.15) is 5.82 Å². The Labute approximate surface area is 150 Å². The van der Waals surface area contributed by atoms with E-state index in [2.05, 4.69) is 10.0 Å². The Bertz CT molecular complexity index is 943. The first-order valence-electron chi connectivity index (χ1n) is 7.54. The Balaban J connectivity index is 2.36. The summed E-state index contributed by atoms with van der Waals surface area (Å²) in [7, 11) is -2.57. The van der Waals surface area contributed by atoms with Crippen molar-refractivity contribution in [3.05, 3.63) is 48.3 Å². The van der Waals surface area contributed by atoms with Crippen LogP contribution in [0.3, 0.4) is 0 Å². The maximum absolute atomic E-state index is 13.6. The van der Waals surface area contributed by atoms with Crippen molar-refractivity contribution in [1.29, 1.82) is 0 Å². The van der Waals surface area contributed by atoms with Crippen molar-refractivity contribution in [3.8, 4) is 0 Å². The van der Waals surface area contributed by atoms with Gasteiger partial charge in [-0.2, -0.15) is 0 Å². The Morgan fingerprint density at radius 2 is 1.65 bits per heavy atom. The number of rotatable bonds is 5. The fourth-order valence-electron chi connectivity index (χ4n) is 2.18. The highest BCUT2D eigenvalue weighted by Gasteiger charge is 2.19. The molecule has 2 rings (SSSR count). The highest BCUT2D eigenvalue weighted by Crippen LogP contribution is 2.29. The van der Waals surface area contributed by atoms with Gasteiger partial charge in [0.2, 0.25) is 11.8 Å². The van der Waals surface area contributed by atoms with E-state index < -0.39 is 15.8 Å². The van der Waals surface area contributed by atoms with Crippen LogP contribution in [0.2, 0.25) is 0 Å². The zero-order valence-corrected chi connectivity index (χ0v) is 15.2. The van der Waals surface area contributed by atoms with Gasteiger partial charge in [-0.05, 0) is 36.4 Å². The smallest absolute Gasteiger partial charge is 0.261 e. The average Bonchev–Trinajstić information content (AvgIpc) is 2.54. The minimum atomic E-state index is -4.02. The van der Waals surface area contributed by atoms with Crippen LogP contribution >= 0.6 is 0 Å². The van der Waals surface area contributed by atoms with E-state index in [0.29, 0.717) is 5.69 Å². The number of hydrogen-bond donors (Lipinski definition) is 2. The molecule has 2 amide bonds. The van der Waals surface area contributed by atoms with Gasteiger partial charge in [0, 0.05) is 32.6 Å². The topological polar surface area (TPSA) is 95.6 Å². The van der Waals surface area contributed by atoms with E-state index in [4.69, 9.17) is 0 Å². The molecular formula is C17H18FN3O4S. The van der Waals surface area contributed by atoms with Crippen molar-refractivity contribution in [2.45, 2.75) is 18.7 Å². The number of halogens is 1. The lowest BCUT2D eigenvalue weighted by molar-refractivity contribution is -0.116. The second kappa shape index (κ2) is 7.52. The molecule has 138 valence electrons. The van der Waals surface area contributed by atoms with Gasteiger partial charge in [-0.25, -0.2) is 12.8 Å². The second-order valence-electron chi connectivity index (χ2n) is 5.55. The lowest BCUT2D eigenvalue weighted by atomic mass is 10.2. The molecule has 0 bridgehead atoms. The molecule has 0 aliphatic heterocycles. The Morgan fingerprint density at radius 3 is 2.19 bits per heavy atom. The third kappa shape index (κ3) is 4.57. The lowest BCUT2D eigenvalue weighted by Crippen LogP contribution is -2.25. The van der Waals surface area contributed by atoms with Crippen LogP contribution in [-0.2, 0) is 19.6 Å². The minimum Gasteiger partial charge on any atom is -0.326 e. The molecule has 0 unspecified atom stereocenters. The molecule has 0 aliphatic rings. The Hall–Kier alpha value is -2.94. The van der Waals surface area contributed by atoms with Gasteiger partial charge in [-0.1, -0.05) is 0 Å². The number of benzene rings is 2. The molecule has 0 aromatic heterocycles. The molecule has 2 N–H and O–H groups in total. The SMILES string of the molecule is CC(=O)Nc1ccc(S(=O)(=O)Nc2cc(F)ccc2N(C)C(C)=O)cc1. The monoisotopic (exact) mass is 379 g/mol. The zero-order valence-electron chi connectivity index (χ0n) is 14.4. The van der Waals surface area contributed by atoms with Crippen molar-refractivity contribution in [1.82, 2.24) is 0 Å². The predicted molar refractivity (Wildman–Crippen MR) is 97.0 cm³/mol. The quantitative estimate of drug-likeness (QED) is 0.835. The van der Waals surface area contributed by atoms with Crippen LogP contribution in [0, 0.1) is 5.82 Å². The molecule has 0 aliphatic carbocycles. The maximum Gasteiger partial charge on any atom is 0.261 e. The number of carbonyl (C=O) groups is 2. The molecule has 2 aromatic rings. The Morgan fingerprint density at radius 1 is 1.04 bits per heavy atom. The first-order valence-corrected chi connectivity index (χ1v) is 9.03. The maximum atomic E-state index is 13.6. The second-order valence-corrected chi connectivity index (χ2v) is 7.23. The molecule has 2 aromatic carbocycles. The van der Waals surface area contributed by atoms with E-state index in [0.717, 1.165) is 12.1 Å². The van der Waals surface area contributed by atoms with Crippen molar-refractivity contribution in [2.75, 3.05) is 22.0 Å². The van der Waals surface area contributed by atoms with E-state index in [1.165, 1.54) is 56.1 Å². The van der Waals surface area contributed by atoms with Crippen LogP contribution < -0.4 is 14.9 Å². The molecule has 9 heteroatoms. The minimum absolute atomic E-state index is 0.0614. The molecule has 7 nitrogen and oxygen atoms in total. The van der Waals surface area contributed by atoms with E-state index >= 15 is 0 Å². The summed E-state index contributed by atoms with van der Waals surface area (Å²) in [6.45, 7) is 2.64. The summed E-state index contributed by atoms with van der Waals surface area (Å²) in [5, 5.41) is 2.53. The number of sulfonamides is 1. The normalized spacial score (nSPS) is 10.9. The largest absolute Gasteiger partial charge is 0.326 e. The number of amides is 2. The summed E-state index contributed by atoms with van der Waals surface area (Å²) in [6, 6.07) is 8.93. The van der Waals surface area contributed by atoms with Crippen molar-refractivity contribution in [2.24, 2.45) is 0 Å². The first-order chi connectivity index (χ1) is 12.1. The van der Waals surface area contributed by atoms with Crippen LogP contribution in [0.5, 0.6) is 0 Å². The average molecular weight is 379 g/mol. The summed E-state index contributed by atoms with van der Waals surface area (Å²) in [6.07, 6.45) is 0. The van der Waals surface area contributed by atoms with Crippen LogP contribution in [0.1, 0.15) is 13.8 Å². The van der Waals surface area contributed by atoms with Gasteiger partial charge in [0.15, 0.2) is 0 Å². The highest BCUT2D eigenvalue weighted by molar-refractivity contribution is 7.92. The third-order valence-corrected chi connectivity index (χ3v) is 4.90. The van der Waals surface area contributed by atoms with Gasteiger partial charge < -0.3 is 10.2 Å². The van der Waals surface area contributed by atoms with E-state index in [1.807, 2.05) is 0 Å². The van der Waals surface area contributed by atoms with Crippen molar-refractivity contribution >= 4 is 38.9 Å². The zero-order chi connectivity index (χ0) is 19.5. The first kappa shape index (κ1) is 19.4. The summed E-state index contributed by atoms with van der Waals surface area (Å²) in [5.41, 5.74) is 0.602. The van der Waals surface area contributed by atoms with E-state index in [1.54, 1.807) is 0 Å². The van der Waals surface area contributed by atoms with E-state index in [9.17, 15) is 22.4 Å². The Kier molecular flexibility index (Phi) is 5.61. The van der Waals surface area contributed by atoms with Crippen molar-refractivity contribution in [3.63, 3.8) is 0 Å². The number of nitrogens with zero attached hydrogens (tertiary/aromatic N) is 1. The molecule has 0 heterocycles. The standard InChI is InChI=1S/C17H18FN3O4S/c1-11(22)19-14-5-7-15(8-6-14)26(24,25)20-16-10-13(18)4-9-17(16)21(3)12(2)23/h4-10,20H,1-3H3,(H,19,22). The van der Waals surface area contributed by atoms with Crippen LogP contribution in [0.15, 0.2) is 47.4 Å². The molecule has 0 saturated heterocycles. The molecule has 26 heavy (non-hydrogen) atoms. The fraction of sp³-hybridized carbons (Fsp3) is 0.176. The predicted octanol–water partition coefficient (Wildman–Crippen LogP) is 2.57. The molecule has 0 saturated carbocycles. The van der Waals surface area contributed by atoms with Gasteiger partial charge in [-0.15, -0.1) is 0 Å². The highest BCUT2D eigenvalue weighted by atomic mass is 32.2. The third-order valence-electron chi connectivity index (χ3n) is 3.52. The molecule has 0 radical (unpaired) electrons. The summed E-state index contributed by atoms with van der Waals surface area (Å²) >= 11 is 0. The van der Waals surface area contributed by atoms with Gasteiger partial charge in [0.25, 0.3) is 10.0 Å². The lowest BCUT2D eigenvalue weighted by Gasteiger charge is -2.20. The number of anilines is 3. The molecule has 0 atom stereocenters. The summed E-state index contributed by atoms with van der Waals surface area (Å²) in [4.78, 5) is 23.7. The van der Waals surface area contributed by atoms with Crippen molar-refractivity contribution < 1.29 is 22.4 Å². The van der Waals surface area contributed by atoms with Gasteiger partial charge in [-0.3, -0.25) is 14.3 Å². The van der Waals surface area contributed by atoms with Gasteiger partial charge in [0.05, 0.1) is 16.3 Å². The van der Waals surface area contributed by atoms with Crippen LogP contribution in [-0.4, -0.2) is 27.3 Å².